The van der Waals surface area contributed by atoms with Crippen LogP contribution < -0.4 is 4.74 Å². The molecular weight excluding hydrogens is 389 g/mol. The van der Waals surface area contributed by atoms with Crippen LogP contribution >= 0.6 is 0 Å². The van der Waals surface area contributed by atoms with Crippen molar-refractivity contribution in [1.82, 2.24) is 4.90 Å². The molecule has 164 valence electrons. The van der Waals surface area contributed by atoms with E-state index in [1.807, 2.05) is 0 Å². The molecule has 2 saturated carbocycles. The molecule has 2 bridgehead atoms. The molecule has 3 fully saturated rings. The Bertz CT molecular complexity index is 822. The minimum absolute atomic E-state index is 0.174. The van der Waals surface area contributed by atoms with Crippen molar-refractivity contribution < 1.29 is 17.9 Å². The molecule has 0 N–H and O–H groups in total. The zero-order valence-corrected chi connectivity index (χ0v) is 17.7. The maximum atomic E-state index is 12.4. The van der Waals surface area contributed by atoms with Crippen molar-refractivity contribution in [2.75, 3.05) is 26.2 Å². The second-order valence-electron chi connectivity index (χ2n) is 10.3. The van der Waals surface area contributed by atoms with Crippen molar-refractivity contribution in [3.63, 3.8) is 0 Å². The molecule has 3 nitrogen and oxygen atoms in total. The number of rotatable bonds is 7. The Morgan fingerprint density at radius 1 is 1.20 bits per heavy atom. The fourth-order valence-electron chi connectivity index (χ4n) is 6.23. The first-order valence-electron chi connectivity index (χ1n) is 11.1. The molecule has 6 heteroatoms. The number of benzene rings is 1. The lowest BCUT2D eigenvalue weighted by atomic mass is 9.49. The van der Waals surface area contributed by atoms with Crippen LogP contribution in [0.5, 0.6) is 5.75 Å². The minimum atomic E-state index is -4.66. The third kappa shape index (κ3) is 3.89. The van der Waals surface area contributed by atoms with Gasteiger partial charge in [-0.1, -0.05) is 49.1 Å². The van der Waals surface area contributed by atoms with Gasteiger partial charge >= 0.3 is 6.36 Å². The smallest absolute Gasteiger partial charge is 0.573 e. The van der Waals surface area contributed by atoms with Crippen LogP contribution in [0.2, 0.25) is 0 Å². The standard InChI is InChI=1S/C24H30F3N2O/c1-23(2)17-7-6-16(22(23)9-17)12-29-13-20-19(21(20)14-29)11-28-10-15-4-3-5-18(8-15)30-24(25,26)27/h3-6,8,17,19-22H,7,9-14H2,1-2H3/q-1. The average Bonchev–Trinajstić information content (AvgIpc) is 3.12. The quantitative estimate of drug-likeness (QED) is 0.536. The lowest BCUT2D eigenvalue weighted by Gasteiger charge is -2.57. The first kappa shape index (κ1) is 20.4. The SMILES string of the molecule is CC1(C)C2CC=C(CN3CC4C(C[N-]Cc5cccc(OC(F)(F)F)c5)C4C3)C1C2. The highest BCUT2D eigenvalue weighted by atomic mass is 19.4. The van der Waals surface area contributed by atoms with Gasteiger partial charge in [0.2, 0.25) is 0 Å². The molecule has 1 aliphatic heterocycles. The summed E-state index contributed by atoms with van der Waals surface area (Å²) < 4.78 is 41.1. The van der Waals surface area contributed by atoms with Gasteiger partial charge < -0.3 is 10.1 Å². The lowest BCUT2D eigenvalue weighted by molar-refractivity contribution is -0.274. The van der Waals surface area contributed by atoms with Gasteiger partial charge in [-0.2, -0.15) is 0 Å². The molecule has 4 atom stereocenters. The Morgan fingerprint density at radius 3 is 2.63 bits per heavy atom. The van der Waals surface area contributed by atoms with E-state index in [4.69, 9.17) is 0 Å². The number of hydrogen-bond acceptors (Lipinski definition) is 2. The molecule has 30 heavy (non-hydrogen) atoms. The van der Waals surface area contributed by atoms with Crippen molar-refractivity contribution in [3.05, 3.63) is 46.8 Å². The normalized spacial score (nSPS) is 34.2. The molecule has 0 amide bonds. The van der Waals surface area contributed by atoms with Gasteiger partial charge in [-0.15, -0.1) is 26.3 Å². The fraction of sp³-hybridized carbons (Fsp3) is 0.667. The van der Waals surface area contributed by atoms with Crippen LogP contribution in [0.4, 0.5) is 13.2 Å². The van der Waals surface area contributed by atoms with E-state index in [9.17, 15) is 13.2 Å². The molecular formula is C24H30F3N2O-. The monoisotopic (exact) mass is 419 g/mol. The predicted molar refractivity (Wildman–Crippen MR) is 110 cm³/mol. The highest BCUT2D eigenvalue weighted by Gasteiger charge is 2.55. The van der Waals surface area contributed by atoms with E-state index in [1.165, 1.54) is 38.1 Å². The largest absolute Gasteiger partial charge is 0.658 e. The molecule has 4 aliphatic carbocycles. The van der Waals surface area contributed by atoms with E-state index in [2.05, 4.69) is 34.9 Å². The van der Waals surface area contributed by atoms with Gasteiger partial charge in [0.25, 0.3) is 0 Å². The summed E-state index contributed by atoms with van der Waals surface area (Å²) in [6.07, 6.45) is 0.501. The topological polar surface area (TPSA) is 26.6 Å². The second kappa shape index (κ2) is 7.27. The van der Waals surface area contributed by atoms with Crippen molar-refractivity contribution >= 4 is 0 Å². The third-order valence-electron chi connectivity index (χ3n) is 8.20. The van der Waals surface area contributed by atoms with Gasteiger partial charge in [0.05, 0.1) is 0 Å². The van der Waals surface area contributed by atoms with Gasteiger partial charge in [-0.3, -0.25) is 4.90 Å². The molecule has 0 radical (unpaired) electrons. The van der Waals surface area contributed by atoms with E-state index in [0.717, 1.165) is 42.3 Å². The molecule has 1 heterocycles. The zero-order chi connectivity index (χ0) is 21.1. The minimum Gasteiger partial charge on any atom is -0.658 e. The number of allylic oxidation sites excluding steroid dienone is 1. The van der Waals surface area contributed by atoms with E-state index in [0.29, 0.717) is 17.9 Å². The Labute approximate surface area is 176 Å². The molecule has 6 rings (SSSR count). The van der Waals surface area contributed by atoms with Crippen LogP contribution in [-0.2, 0) is 6.54 Å². The van der Waals surface area contributed by atoms with E-state index in [-0.39, 0.29) is 5.75 Å². The lowest BCUT2D eigenvalue weighted by Crippen LogP contribution is -2.49. The average molecular weight is 420 g/mol. The number of likely N-dealkylation sites (tertiary alicyclic amines) is 1. The highest BCUT2D eigenvalue weighted by molar-refractivity contribution is 5.30. The predicted octanol–water partition coefficient (Wildman–Crippen LogP) is 5.63. The molecule has 0 aromatic heterocycles. The molecule has 5 aliphatic rings. The Morgan fingerprint density at radius 2 is 1.97 bits per heavy atom. The number of ether oxygens (including phenoxy) is 1. The van der Waals surface area contributed by atoms with Gasteiger partial charge in [0, 0.05) is 19.6 Å². The molecule has 1 aromatic rings. The van der Waals surface area contributed by atoms with Crippen LogP contribution in [0.3, 0.4) is 0 Å². The summed E-state index contributed by atoms with van der Waals surface area (Å²) in [5.74, 6) is 3.66. The summed E-state index contributed by atoms with van der Waals surface area (Å²) in [7, 11) is 0. The van der Waals surface area contributed by atoms with E-state index < -0.39 is 6.36 Å². The van der Waals surface area contributed by atoms with Crippen molar-refractivity contribution in [2.24, 2.45) is 35.0 Å². The second-order valence-corrected chi connectivity index (χ2v) is 10.3. The highest BCUT2D eigenvalue weighted by Crippen LogP contribution is 2.60. The molecule has 1 aromatic carbocycles. The van der Waals surface area contributed by atoms with Crippen LogP contribution in [0, 0.1) is 35.0 Å². The number of halogens is 3. The van der Waals surface area contributed by atoms with Gasteiger partial charge in [0.15, 0.2) is 0 Å². The number of hydrogen-bond donors (Lipinski definition) is 0. The molecule has 4 unspecified atom stereocenters. The third-order valence-corrected chi connectivity index (χ3v) is 8.20. The van der Waals surface area contributed by atoms with Gasteiger partial charge in [-0.05, 0) is 54.1 Å². The van der Waals surface area contributed by atoms with Crippen molar-refractivity contribution in [2.45, 2.75) is 39.6 Å². The summed E-state index contributed by atoms with van der Waals surface area (Å²) in [6.45, 7) is 9.61. The molecule has 1 saturated heterocycles. The van der Waals surface area contributed by atoms with Crippen LogP contribution in [0.1, 0.15) is 32.3 Å². The summed E-state index contributed by atoms with van der Waals surface area (Å²) in [4.78, 5) is 2.63. The number of piperidine rings is 1. The van der Waals surface area contributed by atoms with Gasteiger partial charge in [-0.25, -0.2) is 0 Å². The first-order valence-corrected chi connectivity index (χ1v) is 11.1. The van der Waals surface area contributed by atoms with Crippen molar-refractivity contribution in [1.29, 1.82) is 0 Å². The Balaban J connectivity index is 1.05. The number of fused-ring (bicyclic) bond motifs is 2. The fourth-order valence-corrected chi connectivity index (χ4v) is 6.23. The van der Waals surface area contributed by atoms with Crippen LogP contribution in [-0.4, -0.2) is 37.4 Å². The van der Waals surface area contributed by atoms with Gasteiger partial charge in [0.1, 0.15) is 5.75 Å². The summed E-state index contributed by atoms with van der Waals surface area (Å²) in [5, 5.41) is 4.64. The Kier molecular flexibility index (Phi) is 4.93. The van der Waals surface area contributed by atoms with Crippen LogP contribution in [0.15, 0.2) is 35.9 Å². The number of nitrogens with zero attached hydrogens (tertiary/aromatic N) is 2. The first-order chi connectivity index (χ1) is 14.2. The van der Waals surface area contributed by atoms with Crippen molar-refractivity contribution in [3.8, 4) is 5.75 Å². The van der Waals surface area contributed by atoms with E-state index in [1.54, 1.807) is 17.7 Å². The maximum Gasteiger partial charge on any atom is 0.573 e. The maximum absolute atomic E-state index is 12.4. The Hall–Kier alpha value is -1.53. The zero-order valence-electron chi connectivity index (χ0n) is 17.7. The number of alkyl halides is 3. The molecule has 0 spiro atoms. The summed E-state index contributed by atoms with van der Waals surface area (Å²) in [6, 6.07) is 6.13. The summed E-state index contributed by atoms with van der Waals surface area (Å²) >= 11 is 0. The van der Waals surface area contributed by atoms with Crippen LogP contribution in [0.25, 0.3) is 5.32 Å². The van der Waals surface area contributed by atoms with E-state index >= 15 is 0 Å². The summed E-state index contributed by atoms with van der Waals surface area (Å²) in [5.41, 5.74) is 2.93.